The van der Waals surface area contributed by atoms with E-state index in [4.69, 9.17) is 9.47 Å². The summed E-state index contributed by atoms with van der Waals surface area (Å²) in [5, 5.41) is 53.6. The predicted octanol–water partition coefficient (Wildman–Crippen LogP) is 5.32. The van der Waals surface area contributed by atoms with Crippen LogP contribution in [0.1, 0.15) is 110 Å². The molecule has 7 atom stereocenters. The van der Waals surface area contributed by atoms with Crippen LogP contribution in [-0.2, 0) is 14.3 Å². The lowest BCUT2D eigenvalue weighted by molar-refractivity contribution is -0.302. The SMILES string of the molecule is CC/C=C\C/C=C\C/C=C\C/C=C\C/C=C\CCCC(=O)NC(COC1OC(CO)C(O)C(O)C1O)C(O)CCCCCCCC. The Hall–Kier alpha value is -2.11. The average molecular weight is 650 g/mol. The van der Waals surface area contributed by atoms with E-state index >= 15 is 0 Å². The number of aliphatic hydroxyl groups excluding tert-OH is 5. The number of nitrogens with one attached hydrogen (secondary N) is 1. The molecule has 9 heteroatoms. The molecular formula is C37H63NO8. The van der Waals surface area contributed by atoms with Crippen molar-refractivity contribution < 1.29 is 39.8 Å². The topological polar surface area (TPSA) is 149 Å². The van der Waals surface area contributed by atoms with Crippen LogP contribution in [0.3, 0.4) is 0 Å². The third kappa shape index (κ3) is 19.5. The van der Waals surface area contributed by atoms with Gasteiger partial charge in [-0.25, -0.2) is 0 Å². The third-order valence-electron chi connectivity index (χ3n) is 7.89. The van der Waals surface area contributed by atoms with Crippen LogP contribution < -0.4 is 5.32 Å². The Morgan fingerprint density at radius 1 is 0.761 bits per heavy atom. The van der Waals surface area contributed by atoms with Crippen molar-refractivity contribution in [2.45, 2.75) is 153 Å². The number of ether oxygens (including phenoxy) is 2. The second-order valence-corrected chi connectivity index (χ2v) is 11.9. The lowest BCUT2D eigenvalue weighted by Crippen LogP contribution is -2.60. The number of aliphatic hydroxyl groups is 5. The smallest absolute Gasteiger partial charge is 0.220 e. The number of unbranched alkanes of at least 4 members (excludes halogenated alkanes) is 6. The van der Waals surface area contributed by atoms with Crippen molar-refractivity contribution in [1.82, 2.24) is 5.32 Å². The first-order chi connectivity index (χ1) is 22.3. The van der Waals surface area contributed by atoms with Gasteiger partial charge in [-0.1, -0.05) is 113 Å². The van der Waals surface area contributed by atoms with Gasteiger partial charge >= 0.3 is 0 Å². The number of hydrogen-bond acceptors (Lipinski definition) is 8. The summed E-state index contributed by atoms with van der Waals surface area (Å²) in [5.74, 6) is -0.211. The highest BCUT2D eigenvalue weighted by molar-refractivity contribution is 5.76. The highest BCUT2D eigenvalue weighted by atomic mass is 16.7. The summed E-state index contributed by atoms with van der Waals surface area (Å²) in [4.78, 5) is 12.8. The third-order valence-corrected chi connectivity index (χ3v) is 7.89. The van der Waals surface area contributed by atoms with Crippen LogP contribution in [0.4, 0.5) is 0 Å². The Morgan fingerprint density at radius 3 is 1.91 bits per heavy atom. The number of carbonyl (C=O) groups is 1. The molecule has 6 N–H and O–H groups in total. The maximum absolute atomic E-state index is 12.8. The fourth-order valence-electron chi connectivity index (χ4n) is 5.02. The van der Waals surface area contributed by atoms with E-state index in [1.165, 1.54) is 6.42 Å². The standard InChI is InChI=1S/C37H63NO8/c1-3-5-7-9-11-12-13-14-15-16-17-18-19-20-21-23-25-27-33(41)38-30(31(40)26-24-22-10-8-6-4-2)29-45-37-36(44)35(43)34(42)32(28-39)46-37/h5,7,11-12,14-15,17-18,20-21,30-32,34-37,39-40,42-44H,3-4,6,8-10,13,16,19,22-29H2,1-2H3,(H,38,41)/b7-5-,12-11-,15-14-,18-17-,21-20-. The average Bonchev–Trinajstić information content (AvgIpc) is 3.05. The molecule has 264 valence electrons. The molecule has 0 saturated carbocycles. The zero-order valence-electron chi connectivity index (χ0n) is 28.3. The van der Waals surface area contributed by atoms with E-state index in [-0.39, 0.29) is 18.9 Å². The van der Waals surface area contributed by atoms with E-state index < -0.39 is 49.5 Å². The number of allylic oxidation sites excluding steroid dienone is 10. The summed E-state index contributed by atoms with van der Waals surface area (Å²) < 4.78 is 11.1. The van der Waals surface area contributed by atoms with Gasteiger partial charge in [-0.05, 0) is 51.4 Å². The molecule has 7 unspecified atom stereocenters. The summed E-state index contributed by atoms with van der Waals surface area (Å²) in [6.07, 6.45) is 26.9. The van der Waals surface area contributed by atoms with Crippen molar-refractivity contribution in [3.05, 3.63) is 60.8 Å². The van der Waals surface area contributed by atoms with Crippen LogP contribution in [-0.4, -0.2) is 87.5 Å². The lowest BCUT2D eigenvalue weighted by Gasteiger charge is -2.40. The van der Waals surface area contributed by atoms with E-state index in [9.17, 15) is 30.3 Å². The first-order valence-corrected chi connectivity index (χ1v) is 17.5. The van der Waals surface area contributed by atoms with E-state index in [0.29, 0.717) is 12.8 Å². The molecule has 1 aliphatic heterocycles. The number of hydrogen-bond donors (Lipinski definition) is 6. The fraction of sp³-hybridized carbons (Fsp3) is 0.703. The molecule has 1 amide bonds. The summed E-state index contributed by atoms with van der Waals surface area (Å²) >= 11 is 0. The van der Waals surface area contributed by atoms with Gasteiger partial charge in [0.15, 0.2) is 6.29 Å². The van der Waals surface area contributed by atoms with Crippen molar-refractivity contribution in [2.24, 2.45) is 0 Å². The first-order valence-electron chi connectivity index (χ1n) is 17.5. The minimum atomic E-state index is -1.56. The molecule has 0 radical (unpaired) electrons. The van der Waals surface area contributed by atoms with Gasteiger partial charge in [-0.3, -0.25) is 4.79 Å². The van der Waals surface area contributed by atoms with Gasteiger partial charge in [0.2, 0.25) is 5.91 Å². The molecule has 1 aliphatic rings. The van der Waals surface area contributed by atoms with E-state index in [1.54, 1.807) is 0 Å². The molecule has 1 fully saturated rings. The zero-order valence-corrected chi connectivity index (χ0v) is 28.3. The van der Waals surface area contributed by atoms with Crippen molar-refractivity contribution in [3.8, 4) is 0 Å². The van der Waals surface area contributed by atoms with Crippen LogP contribution in [0.25, 0.3) is 0 Å². The van der Waals surface area contributed by atoms with Crippen molar-refractivity contribution in [1.29, 1.82) is 0 Å². The zero-order chi connectivity index (χ0) is 33.8. The van der Waals surface area contributed by atoms with Gasteiger partial charge in [0, 0.05) is 6.42 Å². The van der Waals surface area contributed by atoms with Gasteiger partial charge < -0.3 is 40.3 Å². The van der Waals surface area contributed by atoms with E-state index in [0.717, 1.165) is 70.6 Å². The molecule has 0 aromatic carbocycles. The molecule has 46 heavy (non-hydrogen) atoms. The van der Waals surface area contributed by atoms with Gasteiger partial charge in [0.25, 0.3) is 0 Å². The van der Waals surface area contributed by atoms with Crippen LogP contribution in [0.15, 0.2) is 60.8 Å². The summed E-state index contributed by atoms with van der Waals surface area (Å²) in [7, 11) is 0. The quantitative estimate of drug-likeness (QED) is 0.0545. The van der Waals surface area contributed by atoms with Crippen molar-refractivity contribution in [2.75, 3.05) is 13.2 Å². The van der Waals surface area contributed by atoms with Gasteiger partial charge in [0.05, 0.1) is 25.4 Å². The second kappa shape index (κ2) is 28.0. The Labute approximate surface area is 277 Å². The van der Waals surface area contributed by atoms with Crippen LogP contribution in [0.2, 0.25) is 0 Å². The summed E-state index contributed by atoms with van der Waals surface area (Å²) in [6.45, 7) is 3.56. The minimum absolute atomic E-state index is 0.166. The molecule has 0 aliphatic carbocycles. The van der Waals surface area contributed by atoms with Gasteiger partial charge in [0.1, 0.15) is 24.4 Å². The number of carbonyl (C=O) groups excluding carboxylic acids is 1. The first kappa shape index (κ1) is 41.9. The minimum Gasteiger partial charge on any atom is -0.394 e. The lowest BCUT2D eigenvalue weighted by atomic mass is 9.99. The number of amides is 1. The summed E-state index contributed by atoms with van der Waals surface area (Å²) in [5.41, 5.74) is 0. The molecule has 1 heterocycles. The monoisotopic (exact) mass is 649 g/mol. The van der Waals surface area contributed by atoms with Crippen molar-refractivity contribution in [3.63, 3.8) is 0 Å². The van der Waals surface area contributed by atoms with Gasteiger partial charge in [-0.2, -0.15) is 0 Å². The second-order valence-electron chi connectivity index (χ2n) is 11.9. The van der Waals surface area contributed by atoms with Crippen LogP contribution >= 0.6 is 0 Å². The predicted molar refractivity (Wildman–Crippen MR) is 184 cm³/mol. The maximum Gasteiger partial charge on any atom is 0.220 e. The molecule has 0 bridgehead atoms. The van der Waals surface area contributed by atoms with Crippen molar-refractivity contribution >= 4 is 5.91 Å². The number of rotatable bonds is 26. The molecule has 0 aromatic rings. The Morgan fingerprint density at radius 2 is 1.33 bits per heavy atom. The molecule has 0 spiro atoms. The summed E-state index contributed by atoms with van der Waals surface area (Å²) in [6, 6.07) is -0.746. The molecule has 9 nitrogen and oxygen atoms in total. The molecule has 1 saturated heterocycles. The Bertz CT molecular complexity index is 900. The highest BCUT2D eigenvalue weighted by Crippen LogP contribution is 2.22. The molecule has 0 aromatic heterocycles. The molecular weight excluding hydrogens is 586 g/mol. The Balaban J connectivity index is 2.45. The van der Waals surface area contributed by atoms with Crippen LogP contribution in [0.5, 0.6) is 0 Å². The fourth-order valence-corrected chi connectivity index (χ4v) is 5.02. The highest BCUT2D eigenvalue weighted by Gasteiger charge is 2.44. The molecule has 1 rings (SSSR count). The maximum atomic E-state index is 12.8. The van der Waals surface area contributed by atoms with Gasteiger partial charge in [-0.15, -0.1) is 0 Å². The Kier molecular flexibility index (Phi) is 25.5. The largest absolute Gasteiger partial charge is 0.394 e. The van der Waals surface area contributed by atoms with E-state index in [1.807, 2.05) is 0 Å². The van der Waals surface area contributed by atoms with E-state index in [2.05, 4.69) is 79.9 Å². The van der Waals surface area contributed by atoms with Crippen LogP contribution in [0, 0.1) is 0 Å². The normalized spacial score (nSPS) is 23.8.